The third-order valence-electron chi connectivity index (χ3n) is 4.21. The first kappa shape index (κ1) is 22.1. The molecule has 0 spiro atoms. The molecule has 0 aliphatic carbocycles. The van der Waals surface area contributed by atoms with E-state index >= 15 is 0 Å². The number of rotatable bonds is 5. The van der Waals surface area contributed by atoms with Crippen LogP contribution in [0, 0.1) is 0 Å². The van der Waals surface area contributed by atoms with Crippen molar-refractivity contribution < 1.29 is 29.3 Å². The summed E-state index contributed by atoms with van der Waals surface area (Å²) in [5, 5.41) is 21.2. The molecule has 0 aliphatic heterocycles. The van der Waals surface area contributed by atoms with Crippen LogP contribution in [0.25, 0.3) is 22.0 Å². The van der Waals surface area contributed by atoms with Gasteiger partial charge >= 0.3 is 11.7 Å². The van der Waals surface area contributed by atoms with Gasteiger partial charge in [-0.2, -0.15) is 0 Å². The second-order valence-corrected chi connectivity index (χ2v) is 7.74. The average molecular weight is 428 g/mol. The SMILES string of the molecule is COc1cccc(-c2ccc3cc(NC(O)O)c(=O)n(OC(=O)OC(C)(C)C)c3c2)c1. The van der Waals surface area contributed by atoms with Crippen molar-refractivity contribution in [1.82, 2.24) is 4.73 Å². The minimum atomic E-state index is -1.98. The van der Waals surface area contributed by atoms with Crippen LogP contribution in [0.3, 0.4) is 0 Å². The van der Waals surface area contributed by atoms with Crippen molar-refractivity contribution >= 4 is 22.7 Å². The van der Waals surface area contributed by atoms with Crippen molar-refractivity contribution in [3.63, 3.8) is 0 Å². The fourth-order valence-corrected chi connectivity index (χ4v) is 2.94. The molecular formula is C22H24N2O7. The van der Waals surface area contributed by atoms with E-state index in [1.165, 1.54) is 6.07 Å². The number of aromatic nitrogens is 1. The summed E-state index contributed by atoms with van der Waals surface area (Å²) in [6.45, 7) is 4.99. The topological polar surface area (TPSA) is 119 Å². The number of nitrogens with zero attached hydrogens (tertiary/aromatic N) is 1. The third kappa shape index (κ3) is 5.33. The van der Waals surface area contributed by atoms with Crippen molar-refractivity contribution in [3.05, 3.63) is 58.9 Å². The molecule has 1 heterocycles. The lowest BCUT2D eigenvalue weighted by Crippen LogP contribution is -2.37. The Morgan fingerprint density at radius 3 is 2.42 bits per heavy atom. The number of aliphatic hydroxyl groups is 2. The van der Waals surface area contributed by atoms with E-state index in [0.717, 1.165) is 15.9 Å². The lowest BCUT2D eigenvalue weighted by Gasteiger charge is -2.20. The molecular weight excluding hydrogens is 404 g/mol. The number of benzene rings is 2. The molecule has 0 radical (unpaired) electrons. The zero-order valence-corrected chi connectivity index (χ0v) is 17.6. The first-order valence-corrected chi connectivity index (χ1v) is 9.45. The molecule has 9 heteroatoms. The Morgan fingerprint density at radius 1 is 1.06 bits per heavy atom. The Morgan fingerprint density at radius 2 is 1.77 bits per heavy atom. The lowest BCUT2D eigenvalue weighted by molar-refractivity contribution is -0.0153. The molecule has 0 atom stereocenters. The molecule has 164 valence electrons. The van der Waals surface area contributed by atoms with Gasteiger partial charge in [0.25, 0.3) is 0 Å². The highest BCUT2D eigenvalue weighted by Gasteiger charge is 2.21. The maximum atomic E-state index is 12.9. The standard InChI is InChI=1S/C22H24N2O7/c1-22(2,3)30-21(28)31-24-18-12-14(13-6-5-7-16(10-13)29-4)8-9-15(18)11-17(19(24)25)23-20(26)27/h5-12,20,23,26-27H,1-4H3. The number of aliphatic hydroxyl groups excluding tert-OH is 1. The smallest absolute Gasteiger partial charge is 0.497 e. The number of methoxy groups -OCH3 is 1. The Hall–Kier alpha value is -3.56. The van der Waals surface area contributed by atoms with E-state index in [4.69, 9.17) is 14.3 Å². The van der Waals surface area contributed by atoms with E-state index in [-0.39, 0.29) is 11.2 Å². The van der Waals surface area contributed by atoms with Crippen LogP contribution >= 0.6 is 0 Å². The van der Waals surface area contributed by atoms with Crippen molar-refractivity contribution in [1.29, 1.82) is 0 Å². The van der Waals surface area contributed by atoms with Crippen LogP contribution in [-0.4, -0.2) is 40.2 Å². The number of anilines is 1. The second kappa shape index (κ2) is 8.66. The lowest BCUT2D eigenvalue weighted by atomic mass is 10.0. The molecule has 2 aromatic carbocycles. The first-order valence-electron chi connectivity index (χ1n) is 9.45. The van der Waals surface area contributed by atoms with E-state index in [9.17, 15) is 19.8 Å². The van der Waals surface area contributed by atoms with Gasteiger partial charge in [-0.25, -0.2) is 4.79 Å². The molecule has 3 rings (SSSR count). The molecule has 0 saturated heterocycles. The molecule has 3 aromatic rings. The second-order valence-electron chi connectivity index (χ2n) is 7.74. The normalized spacial score (nSPS) is 11.5. The number of pyridine rings is 1. The highest BCUT2D eigenvalue weighted by Crippen LogP contribution is 2.27. The summed E-state index contributed by atoms with van der Waals surface area (Å²) in [7, 11) is 1.57. The summed E-state index contributed by atoms with van der Waals surface area (Å²) >= 11 is 0. The van der Waals surface area contributed by atoms with E-state index in [1.54, 1.807) is 40.0 Å². The van der Waals surface area contributed by atoms with Crippen LogP contribution in [-0.2, 0) is 4.74 Å². The monoisotopic (exact) mass is 428 g/mol. The van der Waals surface area contributed by atoms with Crippen molar-refractivity contribution in [2.75, 3.05) is 12.4 Å². The van der Waals surface area contributed by atoms with E-state index < -0.39 is 23.7 Å². The average Bonchev–Trinajstić information content (AvgIpc) is 2.69. The molecule has 31 heavy (non-hydrogen) atoms. The van der Waals surface area contributed by atoms with Crippen LogP contribution < -0.4 is 20.5 Å². The van der Waals surface area contributed by atoms with Gasteiger partial charge < -0.3 is 25.0 Å². The maximum Gasteiger partial charge on any atom is 0.534 e. The summed E-state index contributed by atoms with van der Waals surface area (Å²) in [5.74, 6) is 0.663. The molecule has 0 unspecified atom stereocenters. The van der Waals surface area contributed by atoms with E-state index in [1.807, 2.05) is 30.3 Å². The number of fused-ring (bicyclic) bond motifs is 1. The highest BCUT2D eigenvalue weighted by molar-refractivity contribution is 5.87. The van der Waals surface area contributed by atoms with Crippen molar-refractivity contribution in [3.8, 4) is 16.9 Å². The van der Waals surface area contributed by atoms with E-state index in [2.05, 4.69) is 5.32 Å². The molecule has 0 amide bonds. The van der Waals surface area contributed by atoms with Gasteiger partial charge in [0.15, 0.2) is 0 Å². The minimum Gasteiger partial charge on any atom is -0.497 e. The molecule has 0 aliphatic rings. The Labute approximate surface area is 178 Å². The number of hydrogen-bond acceptors (Lipinski definition) is 8. The van der Waals surface area contributed by atoms with Gasteiger partial charge in [0.05, 0.1) is 12.6 Å². The van der Waals surface area contributed by atoms with Gasteiger partial charge in [-0.1, -0.05) is 24.3 Å². The van der Waals surface area contributed by atoms with Crippen LogP contribution in [0.5, 0.6) is 5.75 Å². The van der Waals surface area contributed by atoms with Crippen LogP contribution in [0.15, 0.2) is 53.3 Å². The highest BCUT2D eigenvalue weighted by atomic mass is 16.8. The largest absolute Gasteiger partial charge is 0.534 e. The minimum absolute atomic E-state index is 0.166. The first-order chi connectivity index (χ1) is 14.6. The Balaban J connectivity index is 2.16. The van der Waals surface area contributed by atoms with Gasteiger partial charge in [0, 0.05) is 5.39 Å². The molecule has 0 saturated carbocycles. The van der Waals surface area contributed by atoms with Gasteiger partial charge in [0.1, 0.15) is 17.0 Å². The van der Waals surface area contributed by atoms with Crippen LogP contribution in [0.4, 0.5) is 10.5 Å². The van der Waals surface area contributed by atoms with Crippen LogP contribution in [0.2, 0.25) is 0 Å². The Bertz CT molecular complexity index is 1160. The molecule has 3 N–H and O–H groups in total. The van der Waals surface area contributed by atoms with Gasteiger partial charge in [-0.05, 0) is 56.2 Å². The zero-order chi connectivity index (χ0) is 22.8. The van der Waals surface area contributed by atoms with Crippen molar-refractivity contribution in [2.24, 2.45) is 0 Å². The van der Waals surface area contributed by atoms with Gasteiger partial charge in [-0.3, -0.25) is 9.63 Å². The predicted octanol–water partition coefficient (Wildman–Crippen LogP) is 2.72. The predicted molar refractivity (Wildman–Crippen MR) is 115 cm³/mol. The summed E-state index contributed by atoms with van der Waals surface area (Å²) in [6, 6.07) is 14.0. The zero-order valence-electron chi connectivity index (χ0n) is 17.6. The number of carbonyl (C=O) groups excluding carboxylic acids is 1. The fourth-order valence-electron chi connectivity index (χ4n) is 2.94. The number of carbonyl (C=O) groups is 1. The van der Waals surface area contributed by atoms with Crippen LogP contribution in [0.1, 0.15) is 20.8 Å². The molecule has 0 fully saturated rings. The third-order valence-corrected chi connectivity index (χ3v) is 4.21. The molecule has 9 nitrogen and oxygen atoms in total. The van der Waals surface area contributed by atoms with Crippen molar-refractivity contribution in [2.45, 2.75) is 32.8 Å². The summed E-state index contributed by atoms with van der Waals surface area (Å²) in [6.07, 6.45) is -3.06. The maximum absolute atomic E-state index is 12.9. The fraction of sp³-hybridized carbons (Fsp3) is 0.273. The Kier molecular flexibility index (Phi) is 6.19. The summed E-state index contributed by atoms with van der Waals surface area (Å²) < 4.78 is 11.2. The summed E-state index contributed by atoms with van der Waals surface area (Å²) in [4.78, 5) is 30.4. The molecule has 1 aromatic heterocycles. The summed E-state index contributed by atoms with van der Waals surface area (Å²) in [5.41, 5.74) is 0.0590. The number of hydrogen-bond donors (Lipinski definition) is 3. The van der Waals surface area contributed by atoms with Gasteiger partial charge in [0.2, 0.25) is 6.41 Å². The quantitative estimate of drug-likeness (QED) is 0.419. The number of nitrogens with one attached hydrogen (secondary N) is 1. The number of ether oxygens (including phenoxy) is 2. The molecule has 0 bridgehead atoms. The van der Waals surface area contributed by atoms with Gasteiger partial charge in [-0.15, -0.1) is 4.73 Å². The van der Waals surface area contributed by atoms with E-state index in [0.29, 0.717) is 11.1 Å².